The number of nitriles is 1. The molecule has 5 rings (SSSR count). The van der Waals surface area contributed by atoms with Gasteiger partial charge in [-0.3, -0.25) is 4.98 Å². The lowest BCUT2D eigenvalue weighted by atomic mass is 9.82. The first-order valence-electron chi connectivity index (χ1n) is 15.2. The van der Waals surface area contributed by atoms with Gasteiger partial charge in [0.1, 0.15) is 12.4 Å². The molecule has 3 aromatic rings. The van der Waals surface area contributed by atoms with Gasteiger partial charge in [-0.05, 0) is 95.4 Å². The minimum atomic E-state index is -0.398. The third-order valence-electron chi connectivity index (χ3n) is 8.89. The van der Waals surface area contributed by atoms with Crippen LogP contribution in [0.2, 0.25) is 0 Å². The van der Waals surface area contributed by atoms with Crippen molar-refractivity contribution in [3.63, 3.8) is 0 Å². The highest BCUT2D eigenvalue weighted by Crippen LogP contribution is 2.32. The van der Waals surface area contributed by atoms with Crippen LogP contribution in [0.15, 0.2) is 30.5 Å². The van der Waals surface area contributed by atoms with Crippen molar-refractivity contribution in [3.8, 4) is 17.3 Å². The van der Waals surface area contributed by atoms with Gasteiger partial charge in [-0.2, -0.15) is 10.5 Å². The first-order valence-corrected chi connectivity index (χ1v) is 15.2. The summed E-state index contributed by atoms with van der Waals surface area (Å²) in [5, 5.41) is 30.9. The fourth-order valence-corrected chi connectivity index (χ4v) is 5.92. The predicted octanol–water partition coefficient (Wildman–Crippen LogP) is 4.38. The summed E-state index contributed by atoms with van der Waals surface area (Å²) in [6.45, 7) is 8.55. The molecule has 3 aromatic heterocycles. The van der Waals surface area contributed by atoms with E-state index in [2.05, 4.69) is 70.2 Å². The van der Waals surface area contributed by atoms with E-state index in [-0.39, 0.29) is 12.1 Å². The number of rotatable bonds is 12. The van der Waals surface area contributed by atoms with E-state index in [1.807, 2.05) is 18.3 Å². The summed E-state index contributed by atoms with van der Waals surface area (Å²) in [4.78, 5) is 9.70. The Morgan fingerprint density at radius 2 is 2.00 bits per heavy atom. The van der Waals surface area contributed by atoms with Gasteiger partial charge in [-0.1, -0.05) is 11.3 Å². The highest BCUT2D eigenvalue weighted by atomic mass is 16.5. The van der Waals surface area contributed by atoms with Crippen molar-refractivity contribution in [1.29, 1.82) is 5.26 Å². The van der Waals surface area contributed by atoms with E-state index in [9.17, 15) is 5.26 Å². The lowest BCUT2D eigenvalue weighted by molar-refractivity contribution is 0.0232. The second kappa shape index (κ2) is 14.1. The maximum atomic E-state index is 9.79. The number of nitrogens with one attached hydrogen (secondary N) is 3. The van der Waals surface area contributed by atoms with E-state index >= 15 is 0 Å². The number of anilines is 1. The Morgan fingerprint density at radius 1 is 1.19 bits per heavy atom. The summed E-state index contributed by atoms with van der Waals surface area (Å²) >= 11 is 0. The van der Waals surface area contributed by atoms with Gasteiger partial charge in [-0.15, -0.1) is 10.2 Å². The molecule has 0 amide bonds. The zero-order valence-corrected chi connectivity index (χ0v) is 25.0. The van der Waals surface area contributed by atoms with Gasteiger partial charge in [0.05, 0.1) is 23.3 Å². The van der Waals surface area contributed by atoms with Gasteiger partial charge in [0.25, 0.3) is 0 Å². The minimum Gasteiger partial charge on any atom is -0.381 e. The summed E-state index contributed by atoms with van der Waals surface area (Å²) in [6, 6.07) is 11.5. The van der Waals surface area contributed by atoms with E-state index in [1.165, 1.54) is 12.8 Å². The van der Waals surface area contributed by atoms with Crippen LogP contribution in [0.4, 0.5) is 5.82 Å². The lowest BCUT2D eigenvalue weighted by Gasteiger charge is -2.33. The Morgan fingerprint density at radius 3 is 2.74 bits per heavy atom. The molecule has 3 N–H and O–H groups in total. The van der Waals surface area contributed by atoms with Gasteiger partial charge in [-0.25, -0.2) is 4.98 Å². The van der Waals surface area contributed by atoms with Crippen molar-refractivity contribution < 1.29 is 9.47 Å². The summed E-state index contributed by atoms with van der Waals surface area (Å²) in [5.41, 5.74) is 3.87. The first-order chi connectivity index (χ1) is 20.4. The standard InChI is InChI=1S/C31H43N9O2/c1-21-17-33-26(15-24-7-9-25(10-8-24)35-22(2)23(3)42-18-30-37-39-40-38-30)16-27(21)28-5-4-6-29(36-28)34-20-31(19-32)11-13-41-14-12-31/h4-6,16-17,22-25,35H,7-15,18,20H2,1-3H3,(H,34,36)(H,37,38,39,40)/t22-,23+,24?,25?/m1/s1. The van der Waals surface area contributed by atoms with Crippen LogP contribution in [0.5, 0.6) is 0 Å². The van der Waals surface area contributed by atoms with Crippen LogP contribution in [0.1, 0.15) is 69.5 Å². The molecule has 0 radical (unpaired) electrons. The van der Waals surface area contributed by atoms with Crippen LogP contribution >= 0.6 is 0 Å². The van der Waals surface area contributed by atoms with Crippen molar-refractivity contribution in [1.82, 2.24) is 35.9 Å². The Balaban J connectivity index is 1.12. The summed E-state index contributed by atoms with van der Waals surface area (Å²) in [6.07, 6.45) is 9.15. The van der Waals surface area contributed by atoms with Crippen molar-refractivity contribution in [3.05, 3.63) is 47.5 Å². The number of hydrogen-bond acceptors (Lipinski definition) is 10. The number of ether oxygens (including phenoxy) is 2. The second-order valence-corrected chi connectivity index (χ2v) is 12.0. The molecule has 0 aromatic carbocycles. The van der Waals surface area contributed by atoms with Gasteiger partial charge in [0.15, 0.2) is 5.82 Å². The largest absolute Gasteiger partial charge is 0.381 e. The van der Waals surface area contributed by atoms with Crippen molar-refractivity contribution >= 4 is 5.82 Å². The summed E-state index contributed by atoms with van der Waals surface area (Å²) in [5.74, 6) is 1.98. The highest BCUT2D eigenvalue weighted by Gasteiger charge is 2.32. The molecule has 0 bridgehead atoms. The average molecular weight is 574 g/mol. The molecule has 2 aliphatic rings. The van der Waals surface area contributed by atoms with E-state index in [0.29, 0.717) is 44.1 Å². The molecular weight excluding hydrogens is 530 g/mol. The molecule has 1 saturated carbocycles. The fourth-order valence-electron chi connectivity index (χ4n) is 5.92. The van der Waals surface area contributed by atoms with Crippen LogP contribution in [-0.2, 0) is 22.5 Å². The first kappa shape index (κ1) is 30.0. The molecule has 42 heavy (non-hydrogen) atoms. The maximum absolute atomic E-state index is 9.79. The van der Waals surface area contributed by atoms with E-state index in [0.717, 1.165) is 60.4 Å². The number of aromatic amines is 1. The maximum Gasteiger partial charge on any atom is 0.200 e. The normalized spacial score (nSPS) is 21.8. The molecule has 224 valence electrons. The minimum absolute atomic E-state index is 0.0491. The van der Waals surface area contributed by atoms with Gasteiger partial charge in [0, 0.05) is 49.3 Å². The van der Waals surface area contributed by atoms with Crippen LogP contribution in [-0.4, -0.2) is 68.5 Å². The van der Waals surface area contributed by atoms with Crippen LogP contribution in [0.25, 0.3) is 11.3 Å². The summed E-state index contributed by atoms with van der Waals surface area (Å²) in [7, 11) is 0. The highest BCUT2D eigenvalue weighted by molar-refractivity contribution is 5.65. The van der Waals surface area contributed by atoms with Gasteiger partial charge >= 0.3 is 0 Å². The molecule has 11 nitrogen and oxygen atoms in total. The number of H-pyrrole nitrogens is 1. The van der Waals surface area contributed by atoms with Crippen LogP contribution in [0.3, 0.4) is 0 Å². The van der Waals surface area contributed by atoms with Crippen molar-refractivity contribution in [2.24, 2.45) is 11.3 Å². The second-order valence-electron chi connectivity index (χ2n) is 12.0. The quantitative estimate of drug-likeness (QED) is 0.285. The Kier molecular flexibility index (Phi) is 10.1. The lowest BCUT2D eigenvalue weighted by Crippen LogP contribution is -2.45. The van der Waals surface area contributed by atoms with Crippen molar-refractivity contribution in [2.45, 2.75) is 90.5 Å². The van der Waals surface area contributed by atoms with E-state index in [1.54, 1.807) is 0 Å². The molecule has 1 aliphatic heterocycles. The van der Waals surface area contributed by atoms with E-state index < -0.39 is 5.41 Å². The number of nitrogens with zero attached hydrogens (tertiary/aromatic N) is 6. The van der Waals surface area contributed by atoms with Crippen LogP contribution < -0.4 is 10.6 Å². The molecule has 1 saturated heterocycles. The number of aryl methyl sites for hydroxylation is 1. The van der Waals surface area contributed by atoms with Crippen molar-refractivity contribution in [2.75, 3.05) is 25.1 Å². The Bertz CT molecular complexity index is 1310. The number of pyridine rings is 2. The molecule has 1 aliphatic carbocycles. The monoisotopic (exact) mass is 573 g/mol. The third-order valence-corrected chi connectivity index (χ3v) is 8.89. The zero-order chi connectivity index (χ0) is 29.4. The van der Waals surface area contributed by atoms with E-state index in [4.69, 9.17) is 19.4 Å². The smallest absolute Gasteiger partial charge is 0.200 e. The molecule has 0 unspecified atom stereocenters. The van der Waals surface area contributed by atoms with Crippen LogP contribution in [0, 0.1) is 29.6 Å². The molecule has 11 heteroatoms. The summed E-state index contributed by atoms with van der Waals surface area (Å²) < 4.78 is 11.4. The molecule has 0 spiro atoms. The Labute approximate surface area is 248 Å². The topological polar surface area (TPSA) is 147 Å². The van der Waals surface area contributed by atoms with Gasteiger partial charge < -0.3 is 20.1 Å². The third kappa shape index (κ3) is 7.88. The SMILES string of the molecule is Cc1cnc(CC2CCC(N[C@H](C)[C@H](C)OCc3nn[nH]n3)CC2)cc1-c1cccc(NCC2(C#N)CCOCC2)n1. The molecular formula is C31H43N9O2. The molecule has 2 fully saturated rings. The van der Waals surface area contributed by atoms with Gasteiger partial charge in [0.2, 0.25) is 0 Å². The number of hydrogen-bond donors (Lipinski definition) is 3. The number of aromatic nitrogens is 6. The Hall–Kier alpha value is -3.46. The molecule has 2 atom stereocenters. The molecule has 4 heterocycles. The average Bonchev–Trinajstić information content (AvgIpc) is 3.55. The number of tetrazole rings is 1. The zero-order valence-electron chi connectivity index (χ0n) is 25.0. The predicted molar refractivity (Wildman–Crippen MR) is 159 cm³/mol. The fraction of sp³-hybridized carbons (Fsp3) is 0.613.